The summed E-state index contributed by atoms with van der Waals surface area (Å²) in [5.41, 5.74) is 3.59. The Hall–Kier alpha value is -3.48. The molecule has 1 amide bonds. The highest BCUT2D eigenvalue weighted by molar-refractivity contribution is 6.04. The number of benzene rings is 2. The fourth-order valence-corrected chi connectivity index (χ4v) is 3.08. The molecule has 0 fully saturated rings. The third kappa shape index (κ3) is 3.89. The van der Waals surface area contributed by atoms with Crippen LogP contribution in [0.5, 0.6) is 17.2 Å². The minimum Gasteiger partial charge on any atom is -0.488 e. The number of amides is 1. The second kappa shape index (κ2) is 7.87. The molecule has 4 rings (SSSR count). The molecule has 0 radical (unpaired) electrons. The Morgan fingerprint density at radius 3 is 2.72 bits per heavy atom. The third-order valence-electron chi connectivity index (χ3n) is 4.93. The molecule has 7 nitrogen and oxygen atoms in total. The zero-order valence-electron chi connectivity index (χ0n) is 16.6. The van der Waals surface area contributed by atoms with Gasteiger partial charge in [-0.2, -0.15) is 0 Å². The minimum atomic E-state index is -0.377. The van der Waals surface area contributed by atoms with E-state index in [1.807, 2.05) is 32.0 Å². The molecule has 0 spiro atoms. The summed E-state index contributed by atoms with van der Waals surface area (Å²) in [5, 5.41) is 6.76. The molecule has 29 heavy (non-hydrogen) atoms. The molecule has 0 bridgehead atoms. The van der Waals surface area contributed by atoms with Crippen LogP contribution in [0.3, 0.4) is 0 Å². The fraction of sp³-hybridized carbons (Fsp3) is 0.273. The summed E-state index contributed by atoms with van der Waals surface area (Å²) in [4.78, 5) is 12.8. The zero-order valence-corrected chi connectivity index (χ0v) is 16.6. The van der Waals surface area contributed by atoms with Crippen LogP contribution in [0.15, 0.2) is 40.9 Å². The van der Waals surface area contributed by atoms with Gasteiger partial charge in [0.1, 0.15) is 31.3 Å². The molecular weight excluding hydrogens is 372 g/mol. The highest BCUT2D eigenvalue weighted by Crippen LogP contribution is 2.33. The van der Waals surface area contributed by atoms with E-state index in [-0.39, 0.29) is 18.2 Å². The summed E-state index contributed by atoms with van der Waals surface area (Å²) in [7, 11) is 0. The minimum absolute atomic E-state index is 0.184. The van der Waals surface area contributed by atoms with Gasteiger partial charge in [-0.1, -0.05) is 17.3 Å². The van der Waals surface area contributed by atoms with Crippen LogP contribution >= 0.6 is 0 Å². The summed E-state index contributed by atoms with van der Waals surface area (Å²) >= 11 is 0. The van der Waals surface area contributed by atoms with Crippen LogP contribution in [0.1, 0.15) is 32.9 Å². The Labute approximate surface area is 168 Å². The molecule has 7 heteroatoms. The lowest BCUT2D eigenvalue weighted by Crippen LogP contribution is -2.17. The average molecular weight is 394 g/mol. The molecule has 1 aliphatic heterocycles. The van der Waals surface area contributed by atoms with Crippen molar-refractivity contribution < 1.29 is 23.5 Å². The van der Waals surface area contributed by atoms with E-state index in [9.17, 15) is 4.79 Å². The maximum absolute atomic E-state index is 12.8. The average Bonchev–Trinajstić information content (AvgIpc) is 3.09. The van der Waals surface area contributed by atoms with E-state index in [4.69, 9.17) is 18.7 Å². The quantitative estimate of drug-likeness (QED) is 0.698. The summed E-state index contributed by atoms with van der Waals surface area (Å²) in [6, 6.07) is 11.1. The molecule has 0 unspecified atom stereocenters. The van der Waals surface area contributed by atoms with Gasteiger partial charge in [-0.3, -0.25) is 4.79 Å². The topological polar surface area (TPSA) is 82.8 Å². The van der Waals surface area contributed by atoms with Gasteiger partial charge >= 0.3 is 0 Å². The van der Waals surface area contributed by atoms with Crippen molar-refractivity contribution >= 4 is 11.6 Å². The Morgan fingerprint density at radius 1 is 1.10 bits per heavy atom. The molecule has 150 valence electrons. The Balaban J connectivity index is 1.50. The van der Waals surface area contributed by atoms with Crippen molar-refractivity contribution in [2.45, 2.75) is 27.4 Å². The lowest BCUT2D eigenvalue weighted by molar-refractivity contribution is 0.101. The SMILES string of the molecule is Cc1cccc(OCc2c(C(=O)Nc3ccc4c(c3)OCCO4)noc2C)c1C. The number of ether oxygens (including phenoxy) is 3. The molecule has 1 aliphatic rings. The number of hydrogen-bond donors (Lipinski definition) is 1. The highest BCUT2D eigenvalue weighted by atomic mass is 16.6. The number of nitrogens with zero attached hydrogens (tertiary/aromatic N) is 1. The van der Waals surface area contributed by atoms with Crippen LogP contribution in [-0.4, -0.2) is 24.3 Å². The second-order valence-corrected chi connectivity index (χ2v) is 6.87. The van der Waals surface area contributed by atoms with Crippen LogP contribution < -0.4 is 19.5 Å². The number of aryl methyl sites for hydroxylation is 2. The molecule has 0 saturated heterocycles. The third-order valence-corrected chi connectivity index (χ3v) is 4.93. The monoisotopic (exact) mass is 394 g/mol. The summed E-state index contributed by atoms with van der Waals surface area (Å²) in [6.07, 6.45) is 0. The van der Waals surface area contributed by atoms with Gasteiger partial charge in [-0.25, -0.2) is 0 Å². The fourth-order valence-electron chi connectivity index (χ4n) is 3.08. The molecule has 3 aromatic rings. The first kappa shape index (κ1) is 18.9. The van der Waals surface area contributed by atoms with Crippen LogP contribution in [0.25, 0.3) is 0 Å². The maximum Gasteiger partial charge on any atom is 0.278 e. The smallest absolute Gasteiger partial charge is 0.278 e. The van der Waals surface area contributed by atoms with Crippen molar-refractivity contribution in [3.8, 4) is 17.2 Å². The van der Waals surface area contributed by atoms with Crippen molar-refractivity contribution in [3.63, 3.8) is 0 Å². The standard InChI is InChI=1S/C22H22N2O5/c1-13-5-4-6-18(14(13)2)28-12-17-15(3)29-24-21(17)22(25)23-16-7-8-19-20(11-16)27-10-9-26-19/h4-8,11H,9-10,12H2,1-3H3,(H,23,25). The van der Waals surface area contributed by atoms with Crippen LogP contribution in [-0.2, 0) is 6.61 Å². The number of fused-ring (bicyclic) bond motifs is 1. The molecule has 1 aromatic heterocycles. The molecule has 0 aliphatic carbocycles. The van der Waals surface area contributed by atoms with Gasteiger partial charge in [0.2, 0.25) is 0 Å². The van der Waals surface area contributed by atoms with Crippen LogP contribution in [0, 0.1) is 20.8 Å². The molecule has 1 N–H and O–H groups in total. The van der Waals surface area contributed by atoms with Crippen molar-refractivity contribution in [2.24, 2.45) is 0 Å². The van der Waals surface area contributed by atoms with Gasteiger partial charge in [-0.05, 0) is 50.1 Å². The Morgan fingerprint density at radius 2 is 1.90 bits per heavy atom. The van der Waals surface area contributed by atoms with Gasteiger partial charge < -0.3 is 24.1 Å². The Bertz CT molecular complexity index is 1060. The van der Waals surface area contributed by atoms with E-state index in [1.165, 1.54) is 0 Å². The van der Waals surface area contributed by atoms with Gasteiger partial charge in [-0.15, -0.1) is 0 Å². The number of anilines is 1. The van der Waals surface area contributed by atoms with E-state index in [0.717, 1.165) is 16.9 Å². The predicted molar refractivity (Wildman–Crippen MR) is 107 cm³/mol. The van der Waals surface area contributed by atoms with E-state index >= 15 is 0 Å². The van der Waals surface area contributed by atoms with Crippen molar-refractivity contribution in [1.29, 1.82) is 0 Å². The number of rotatable bonds is 5. The van der Waals surface area contributed by atoms with Gasteiger partial charge in [0, 0.05) is 11.8 Å². The number of aromatic nitrogens is 1. The number of nitrogens with one attached hydrogen (secondary N) is 1. The van der Waals surface area contributed by atoms with Gasteiger partial charge in [0.15, 0.2) is 17.2 Å². The van der Waals surface area contributed by atoms with Crippen LogP contribution in [0.4, 0.5) is 5.69 Å². The largest absolute Gasteiger partial charge is 0.488 e. The van der Waals surface area contributed by atoms with E-state index in [2.05, 4.69) is 10.5 Å². The molecular formula is C22H22N2O5. The van der Waals surface area contributed by atoms with Gasteiger partial charge in [0.05, 0.1) is 5.56 Å². The summed E-state index contributed by atoms with van der Waals surface area (Å²) in [6.45, 7) is 6.96. The Kier molecular flexibility index (Phi) is 5.12. The molecule has 2 aromatic carbocycles. The number of carbonyl (C=O) groups is 1. The first-order valence-electron chi connectivity index (χ1n) is 9.38. The maximum atomic E-state index is 12.8. The van der Waals surface area contributed by atoms with Gasteiger partial charge in [0.25, 0.3) is 5.91 Å². The normalized spacial score (nSPS) is 12.5. The first-order chi connectivity index (χ1) is 14.0. The molecule has 2 heterocycles. The lowest BCUT2D eigenvalue weighted by Gasteiger charge is -2.18. The number of hydrogen-bond acceptors (Lipinski definition) is 6. The van der Waals surface area contributed by atoms with E-state index in [1.54, 1.807) is 25.1 Å². The van der Waals surface area contributed by atoms with Crippen molar-refractivity contribution in [3.05, 3.63) is 64.5 Å². The molecule has 0 atom stereocenters. The first-order valence-corrected chi connectivity index (χ1v) is 9.38. The lowest BCUT2D eigenvalue weighted by atomic mass is 10.1. The van der Waals surface area contributed by atoms with Crippen molar-refractivity contribution in [2.75, 3.05) is 18.5 Å². The predicted octanol–water partition coefficient (Wildman–Crippen LogP) is 4.20. The second-order valence-electron chi connectivity index (χ2n) is 6.87. The summed E-state index contributed by atoms with van der Waals surface area (Å²) in [5.74, 6) is 2.20. The van der Waals surface area contributed by atoms with Crippen molar-refractivity contribution in [1.82, 2.24) is 5.16 Å². The van der Waals surface area contributed by atoms with Crippen LogP contribution in [0.2, 0.25) is 0 Å². The summed E-state index contributed by atoms with van der Waals surface area (Å²) < 4.78 is 22.3. The number of carbonyl (C=O) groups excluding carboxylic acids is 1. The van der Waals surface area contributed by atoms with E-state index in [0.29, 0.717) is 41.7 Å². The molecule has 0 saturated carbocycles. The van der Waals surface area contributed by atoms with E-state index < -0.39 is 0 Å². The zero-order chi connectivity index (χ0) is 20.4. The highest BCUT2D eigenvalue weighted by Gasteiger charge is 2.22.